The summed E-state index contributed by atoms with van der Waals surface area (Å²) in [5.74, 6) is -0.320. The molecule has 2 fully saturated rings. The zero-order chi connectivity index (χ0) is 34.2. The molecular formula is C37H45F3N4O4. The maximum Gasteiger partial charge on any atom is 0.405 e. The van der Waals surface area contributed by atoms with Crippen molar-refractivity contribution in [1.82, 2.24) is 10.3 Å². The molecule has 1 amide bonds. The Hall–Kier alpha value is -3.83. The highest BCUT2D eigenvalue weighted by Gasteiger charge is 2.46. The van der Waals surface area contributed by atoms with Gasteiger partial charge in [-0.3, -0.25) is 9.59 Å². The Kier molecular flexibility index (Phi) is 9.64. The SMILES string of the molecule is CCN(c1cc(-c2ccc3c(c2)N(CC(F)(F)F)CC32CCOCC2)cc(C(=O)NCc2c(C)cc(C)[nH]c2=O)c1C)C1CCOCC1. The molecule has 3 aromatic rings. The van der Waals surface area contributed by atoms with Gasteiger partial charge < -0.3 is 29.6 Å². The number of anilines is 2. The first-order valence-corrected chi connectivity index (χ1v) is 16.9. The van der Waals surface area contributed by atoms with E-state index < -0.39 is 12.7 Å². The van der Waals surface area contributed by atoms with Crippen LogP contribution in [0.3, 0.4) is 0 Å². The third-order valence-electron chi connectivity index (χ3n) is 10.4. The lowest BCUT2D eigenvalue weighted by Crippen LogP contribution is -2.41. The molecule has 2 saturated heterocycles. The zero-order valence-corrected chi connectivity index (χ0v) is 28.2. The lowest BCUT2D eigenvalue weighted by Gasteiger charge is -2.37. The standard InChI is InChI=1S/C37H45F3N4O4/c1-5-44(28-8-12-47-13-9-28)32-19-27(17-29(25(32)4)34(45)41-20-30-23(2)16-24(3)42-35(30)46)26-6-7-31-33(18-26)43(22-37(38,39)40)21-36(31)10-14-48-15-11-36/h6-7,16-19,28H,5,8-15,20-22H2,1-4H3,(H,41,45)(H,42,46). The lowest BCUT2D eigenvalue weighted by molar-refractivity contribution is -0.119. The Labute approximate surface area is 279 Å². The molecule has 0 radical (unpaired) electrons. The van der Waals surface area contributed by atoms with Crippen LogP contribution in [0.5, 0.6) is 0 Å². The van der Waals surface area contributed by atoms with Crippen molar-refractivity contribution in [1.29, 1.82) is 0 Å². The van der Waals surface area contributed by atoms with Crippen LogP contribution < -0.4 is 20.7 Å². The van der Waals surface area contributed by atoms with Crippen LogP contribution in [-0.2, 0) is 21.4 Å². The normalized spacial score (nSPS) is 17.9. The minimum Gasteiger partial charge on any atom is -0.381 e. The van der Waals surface area contributed by atoms with Gasteiger partial charge in [0.05, 0.1) is 0 Å². The predicted octanol–water partition coefficient (Wildman–Crippen LogP) is 6.33. The summed E-state index contributed by atoms with van der Waals surface area (Å²) in [4.78, 5) is 33.2. The van der Waals surface area contributed by atoms with Crippen LogP contribution in [0, 0.1) is 20.8 Å². The van der Waals surface area contributed by atoms with Crippen molar-refractivity contribution in [2.24, 2.45) is 0 Å². The molecule has 0 atom stereocenters. The number of aryl methyl sites for hydroxylation is 2. The molecule has 48 heavy (non-hydrogen) atoms. The number of pyridine rings is 1. The summed E-state index contributed by atoms with van der Waals surface area (Å²) in [6, 6.07) is 11.8. The number of fused-ring (bicyclic) bond motifs is 2. The number of aromatic nitrogens is 1. The number of amides is 1. The summed E-state index contributed by atoms with van der Waals surface area (Å²) >= 11 is 0. The van der Waals surface area contributed by atoms with Crippen molar-refractivity contribution in [2.45, 2.75) is 77.6 Å². The van der Waals surface area contributed by atoms with E-state index in [1.165, 1.54) is 4.90 Å². The minimum atomic E-state index is -4.35. The molecule has 1 spiro atoms. The van der Waals surface area contributed by atoms with Crippen molar-refractivity contribution < 1.29 is 27.4 Å². The van der Waals surface area contributed by atoms with Crippen molar-refractivity contribution in [3.63, 3.8) is 0 Å². The topological polar surface area (TPSA) is 86.9 Å². The molecule has 6 rings (SSSR count). The highest BCUT2D eigenvalue weighted by Crippen LogP contribution is 2.49. The van der Waals surface area contributed by atoms with E-state index in [4.69, 9.17) is 9.47 Å². The number of hydrogen-bond acceptors (Lipinski definition) is 6. The predicted molar refractivity (Wildman–Crippen MR) is 181 cm³/mol. The van der Waals surface area contributed by atoms with E-state index in [0.717, 1.165) is 52.0 Å². The fraction of sp³-hybridized carbons (Fsp3) is 0.514. The van der Waals surface area contributed by atoms with Crippen LogP contribution in [-0.4, -0.2) is 69.2 Å². The molecule has 1 aromatic heterocycles. The van der Waals surface area contributed by atoms with Gasteiger partial charge in [-0.1, -0.05) is 12.1 Å². The van der Waals surface area contributed by atoms with E-state index in [9.17, 15) is 22.8 Å². The highest BCUT2D eigenvalue weighted by atomic mass is 19.4. The summed E-state index contributed by atoms with van der Waals surface area (Å²) in [6.07, 6.45) is -1.30. The average Bonchev–Trinajstić information content (AvgIpc) is 3.32. The second kappa shape index (κ2) is 13.6. The molecule has 3 aliphatic heterocycles. The molecule has 2 N–H and O–H groups in total. The van der Waals surface area contributed by atoms with Gasteiger partial charge in [-0.2, -0.15) is 13.2 Å². The average molecular weight is 667 g/mol. The van der Waals surface area contributed by atoms with Gasteiger partial charge in [-0.15, -0.1) is 0 Å². The number of ether oxygens (including phenoxy) is 2. The molecule has 0 bridgehead atoms. The number of benzene rings is 2. The van der Waals surface area contributed by atoms with E-state index in [1.807, 2.05) is 51.1 Å². The molecule has 0 aliphatic carbocycles. The highest BCUT2D eigenvalue weighted by molar-refractivity contribution is 5.99. The first-order valence-electron chi connectivity index (χ1n) is 16.9. The van der Waals surface area contributed by atoms with E-state index >= 15 is 0 Å². The zero-order valence-electron chi connectivity index (χ0n) is 28.2. The van der Waals surface area contributed by atoms with Crippen molar-refractivity contribution in [3.05, 3.63) is 80.3 Å². The fourth-order valence-corrected chi connectivity index (χ4v) is 7.89. The fourth-order valence-electron chi connectivity index (χ4n) is 7.89. The van der Waals surface area contributed by atoms with Crippen LogP contribution in [0.25, 0.3) is 11.1 Å². The Morgan fingerprint density at radius 3 is 2.40 bits per heavy atom. The maximum absolute atomic E-state index is 13.9. The molecule has 0 unspecified atom stereocenters. The lowest BCUT2D eigenvalue weighted by atomic mass is 9.75. The van der Waals surface area contributed by atoms with Gasteiger partial charge in [0, 0.05) is 85.7 Å². The van der Waals surface area contributed by atoms with Crippen LogP contribution in [0.15, 0.2) is 41.2 Å². The van der Waals surface area contributed by atoms with Gasteiger partial charge in [0.1, 0.15) is 6.54 Å². The van der Waals surface area contributed by atoms with Gasteiger partial charge in [-0.05, 0) is 105 Å². The second-order valence-corrected chi connectivity index (χ2v) is 13.5. The van der Waals surface area contributed by atoms with Gasteiger partial charge >= 0.3 is 6.18 Å². The number of alkyl halides is 3. The Bertz CT molecular complexity index is 1720. The number of rotatable bonds is 8. The minimum absolute atomic E-state index is 0.0633. The number of carbonyl (C=O) groups excluding carboxylic acids is 1. The first kappa shape index (κ1) is 34.0. The van der Waals surface area contributed by atoms with E-state index in [2.05, 4.69) is 28.2 Å². The molecule has 4 heterocycles. The van der Waals surface area contributed by atoms with Gasteiger partial charge in [0.15, 0.2) is 0 Å². The molecule has 0 saturated carbocycles. The van der Waals surface area contributed by atoms with Crippen LogP contribution in [0.4, 0.5) is 24.5 Å². The molecular weight excluding hydrogens is 621 g/mol. The van der Waals surface area contributed by atoms with Crippen LogP contribution in [0.2, 0.25) is 0 Å². The third-order valence-corrected chi connectivity index (χ3v) is 10.4. The summed E-state index contributed by atoms with van der Waals surface area (Å²) < 4.78 is 52.8. The van der Waals surface area contributed by atoms with Gasteiger partial charge in [-0.25, -0.2) is 0 Å². The number of halogens is 3. The van der Waals surface area contributed by atoms with E-state index in [0.29, 0.717) is 69.2 Å². The van der Waals surface area contributed by atoms with Crippen molar-refractivity contribution in [2.75, 3.05) is 55.9 Å². The first-order chi connectivity index (χ1) is 22.9. The summed E-state index contributed by atoms with van der Waals surface area (Å²) in [6.45, 7) is 10.1. The second-order valence-electron chi connectivity index (χ2n) is 13.5. The number of aromatic amines is 1. The Morgan fingerprint density at radius 1 is 1.02 bits per heavy atom. The number of nitrogens with zero attached hydrogens (tertiary/aromatic N) is 2. The Morgan fingerprint density at radius 2 is 1.73 bits per heavy atom. The number of hydrogen-bond donors (Lipinski definition) is 2. The molecule has 11 heteroatoms. The third kappa shape index (κ3) is 6.85. The number of H-pyrrole nitrogens is 1. The summed E-state index contributed by atoms with van der Waals surface area (Å²) in [7, 11) is 0. The maximum atomic E-state index is 13.9. The molecule has 258 valence electrons. The summed E-state index contributed by atoms with van der Waals surface area (Å²) in [5, 5.41) is 2.97. The van der Waals surface area contributed by atoms with Crippen molar-refractivity contribution in [3.8, 4) is 11.1 Å². The molecule has 3 aliphatic rings. The molecule has 8 nitrogen and oxygen atoms in total. The van der Waals surface area contributed by atoms with E-state index in [1.54, 1.807) is 0 Å². The van der Waals surface area contributed by atoms with Gasteiger partial charge in [0.25, 0.3) is 11.5 Å². The number of nitrogens with one attached hydrogen (secondary N) is 2. The largest absolute Gasteiger partial charge is 0.405 e. The van der Waals surface area contributed by atoms with Crippen LogP contribution in [0.1, 0.15) is 70.9 Å². The van der Waals surface area contributed by atoms with Gasteiger partial charge in [0.2, 0.25) is 0 Å². The number of carbonyl (C=O) groups is 1. The Balaban J connectivity index is 1.42. The monoisotopic (exact) mass is 666 g/mol. The quantitative estimate of drug-likeness (QED) is 0.292. The van der Waals surface area contributed by atoms with Crippen molar-refractivity contribution >= 4 is 17.3 Å². The smallest absolute Gasteiger partial charge is 0.381 e. The summed E-state index contributed by atoms with van der Waals surface area (Å²) in [5.41, 5.74) is 6.61. The molecule has 2 aromatic carbocycles. The van der Waals surface area contributed by atoms with Crippen LogP contribution >= 0.6 is 0 Å². The van der Waals surface area contributed by atoms with E-state index in [-0.39, 0.29) is 29.5 Å².